The molecule has 0 aromatic heterocycles. The van der Waals surface area contributed by atoms with Crippen molar-refractivity contribution in [3.63, 3.8) is 0 Å². The Balaban J connectivity index is 1.86. The van der Waals surface area contributed by atoms with Crippen LogP contribution in [-0.4, -0.2) is 25.6 Å². The first-order valence-electron chi connectivity index (χ1n) is 6.13. The SMILES string of the molecule is CCCCC#C/C=C1\C=CC2(COCCO2)O1. The molecule has 3 nitrogen and oxygen atoms in total. The van der Waals surface area contributed by atoms with Crippen LogP contribution in [0.25, 0.3) is 0 Å². The lowest BCUT2D eigenvalue weighted by atomic mass is 10.2. The lowest BCUT2D eigenvalue weighted by Crippen LogP contribution is -2.41. The quantitative estimate of drug-likeness (QED) is 0.542. The average molecular weight is 234 g/mol. The van der Waals surface area contributed by atoms with E-state index in [-0.39, 0.29) is 0 Å². The first kappa shape index (κ1) is 12.2. The van der Waals surface area contributed by atoms with Crippen molar-refractivity contribution < 1.29 is 14.2 Å². The molecule has 1 unspecified atom stereocenters. The molecule has 0 amide bonds. The van der Waals surface area contributed by atoms with Gasteiger partial charge in [0.05, 0.1) is 13.2 Å². The van der Waals surface area contributed by atoms with Crippen LogP contribution in [0.1, 0.15) is 26.2 Å². The van der Waals surface area contributed by atoms with Crippen LogP contribution < -0.4 is 0 Å². The van der Waals surface area contributed by atoms with Crippen molar-refractivity contribution in [2.75, 3.05) is 19.8 Å². The van der Waals surface area contributed by atoms with Crippen LogP contribution >= 0.6 is 0 Å². The summed E-state index contributed by atoms with van der Waals surface area (Å²) in [4.78, 5) is 0. The summed E-state index contributed by atoms with van der Waals surface area (Å²) in [5.41, 5.74) is 0. The summed E-state index contributed by atoms with van der Waals surface area (Å²) in [6, 6.07) is 0. The van der Waals surface area contributed by atoms with E-state index in [2.05, 4.69) is 18.8 Å². The highest BCUT2D eigenvalue weighted by atomic mass is 16.7. The molecule has 2 heterocycles. The number of hydrogen-bond donors (Lipinski definition) is 0. The molecule has 0 saturated carbocycles. The smallest absolute Gasteiger partial charge is 0.254 e. The Hall–Kier alpha value is -1.24. The third kappa shape index (κ3) is 3.36. The van der Waals surface area contributed by atoms with Crippen molar-refractivity contribution >= 4 is 0 Å². The highest BCUT2D eigenvalue weighted by Gasteiger charge is 2.37. The molecular weight excluding hydrogens is 216 g/mol. The molecule has 0 N–H and O–H groups in total. The summed E-state index contributed by atoms with van der Waals surface area (Å²) < 4.78 is 16.6. The van der Waals surface area contributed by atoms with Gasteiger partial charge in [-0.1, -0.05) is 25.2 Å². The predicted octanol–water partition coefficient (Wildman–Crippen LogP) is 2.39. The third-order valence-electron chi connectivity index (χ3n) is 2.64. The van der Waals surface area contributed by atoms with E-state index in [0.29, 0.717) is 19.8 Å². The minimum atomic E-state index is -0.699. The van der Waals surface area contributed by atoms with Gasteiger partial charge in [-0.15, -0.1) is 0 Å². The Kier molecular flexibility index (Phi) is 4.24. The molecule has 0 aromatic rings. The van der Waals surface area contributed by atoms with Crippen molar-refractivity contribution in [2.24, 2.45) is 0 Å². The lowest BCUT2D eigenvalue weighted by Gasteiger charge is -2.31. The summed E-state index contributed by atoms with van der Waals surface area (Å²) in [6.45, 7) is 3.81. The highest BCUT2D eigenvalue weighted by molar-refractivity contribution is 5.30. The van der Waals surface area contributed by atoms with Crippen LogP contribution in [0.4, 0.5) is 0 Å². The van der Waals surface area contributed by atoms with E-state index in [0.717, 1.165) is 18.6 Å². The largest absolute Gasteiger partial charge is 0.455 e. The molecule has 1 spiro atoms. The van der Waals surface area contributed by atoms with Gasteiger partial charge in [-0.2, -0.15) is 0 Å². The Morgan fingerprint density at radius 3 is 3.18 bits per heavy atom. The molecule has 0 aromatic carbocycles. The fraction of sp³-hybridized carbons (Fsp3) is 0.571. The van der Waals surface area contributed by atoms with Gasteiger partial charge in [0.2, 0.25) is 0 Å². The van der Waals surface area contributed by atoms with Crippen LogP contribution in [0.2, 0.25) is 0 Å². The van der Waals surface area contributed by atoms with E-state index in [9.17, 15) is 0 Å². The van der Waals surface area contributed by atoms with Gasteiger partial charge < -0.3 is 14.2 Å². The molecule has 92 valence electrons. The zero-order valence-corrected chi connectivity index (χ0v) is 10.2. The van der Waals surface area contributed by atoms with Crippen molar-refractivity contribution in [2.45, 2.75) is 32.0 Å². The number of allylic oxidation sites excluding steroid dienone is 2. The highest BCUT2D eigenvalue weighted by Crippen LogP contribution is 2.29. The summed E-state index contributed by atoms with van der Waals surface area (Å²) in [5.74, 6) is 6.14. The number of hydrogen-bond acceptors (Lipinski definition) is 3. The zero-order chi connectivity index (χ0) is 12.0. The molecule has 1 atom stereocenters. The molecule has 3 heteroatoms. The van der Waals surface area contributed by atoms with Crippen molar-refractivity contribution in [1.82, 2.24) is 0 Å². The number of rotatable bonds is 2. The molecule has 1 fully saturated rings. The topological polar surface area (TPSA) is 27.7 Å². The molecule has 1 saturated heterocycles. The molecule has 17 heavy (non-hydrogen) atoms. The second-order valence-electron chi connectivity index (χ2n) is 4.12. The average Bonchev–Trinajstić information content (AvgIpc) is 2.73. The van der Waals surface area contributed by atoms with Gasteiger partial charge in [-0.3, -0.25) is 0 Å². The Morgan fingerprint density at radius 1 is 1.47 bits per heavy atom. The minimum Gasteiger partial charge on any atom is -0.455 e. The van der Waals surface area contributed by atoms with Gasteiger partial charge in [0.25, 0.3) is 5.79 Å². The van der Waals surface area contributed by atoms with Gasteiger partial charge in [-0.25, -0.2) is 0 Å². The maximum absolute atomic E-state index is 5.70. The van der Waals surface area contributed by atoms with Crippen LogP contribution in [0.3, 0.4) is 0 Å². The van der Waals surface area contributed by atoms with Crippen molar-refractivity contribution in [1.29, 1.82) is 0 Å². The van der Waals surface area contributed by atoms with Gasteiger partial charge in [0, 0.05) is 12.5 Å². The minimum absolute atomic E-state index is 0.449. The van der Waals surface area contributed by atoms with E-state index >= 15 is 0 Å². The summed E-state index contributed by atoms with van der Waals surface area (Å²) in [6.07, 6.45) is 8.84. The lowest BCUT2D eigenvalue weighted by molar-refractivity contribution is -0.239. The van der Waals surface area contributed by atoms with E-state index < -0.39 is 5.79 Å². The van der Waals surface area contributed by atoms with Gasteiger partial charge in [0.1, 0.15) is 12.4 Å². The monoisotopic (exact) mass is 234 g/mol. The first-order chi connectivity index (χ1) is 8.35. The number of unbranched alkanes of at least 4 members (excludes halogenated alkanes) is 2. The molecule has 0 aliphatic carbocycles. The molecule has 0 bridgehead atoms. The van der Waals surface area contributed by atoms with E-state index in [1.807, 2.05) is 12.2 Å². The fourth-order valence-electron chi connectivity index (χ4n) is 1.70. The maximum atomic E-state index is 5.70. The van der Waals surface area contributed by atoms with E-state index in [1.54, 1.807) is 6.08 Å². The Morgan fingerprint density at radius 2 is 2.41 bits per heavy atom. The third-order valence-corrected chi connectivity index (χ3v) is 2.64. The van der Waals surface area contributed by atoms with Crippen LogP contribution in [-0.2, 0) is 14.2 Å². The van der Waals surface area contributed by atoms with E-state index in [4.69, 9.17) is 14.2 Å². The van der Waals surface area contributed by atoms with Crippen LogP contribution in [0.15, 0.2) is 24.0 Å². The van der Waals surface area contributed by atoms with Gasteiger partial charge >= 0.3 is 0 Å². The molecule has 2 rings (SSSR count). The maximum Gasteiger partial charge on any atom is 0.254 e. The molecule has 2 aliphatic rings. The fourth-order valence-corrected chi connectivity index (χ4v) is 1.70. The predicted molar refractivity (Wildman–Crippen MR) is 65.1 cm³/mol. The summed E-state index contributed by atoms with van der Waals surface area (Å²) in [5, 5.41) is 0. The summed E-state index contributed by atoms with van der Waals surface area (Å²) >= 11 is 0. The van der Waals surface area contributed by atoms with Gasteiger partial charge in [-0.05, 0) is 18.6 Å². The van der Waals surface area contributed by atoms with E-state index in [1.165, 1.54) is 6.42 Å². The Labute approximate surface area is 102 Å². The zero-order valence-electron chi connectivity index (χ0n) is 10.2. The number of ether oxygens (including phenoxy) is 3. The normalized spacial score (nSPS) is 29.1. The van der Waals surface area contributed by atoms with Crippen LogP contribution in [0, 0.1) is 11.8 Å². The standard InChI is InChI=1S/C14H18O3/c1-2-3-4-5-6-7-13-8-9-14(17-13)12-15-10-11-16-14/h7-9H,2-4,10-12H2,1H3/b13-7+. The van der Waals surface area contributed by atoms with Crippen molar-refractivity contribution in [3.8, 4) is 11.8 Å². The summed E-state index contributed by atoms with van der Waals surface area (Å²) in [7, 11) is 0. The van der Waals surface area contributed by atoms with Crippen LogP contribution in [0.5, 0.6) is 0 Å². The Bertz CT molecular complexity index is 365. The second kappa shape index (κ2) is 5.90. The molecular formula is C14H18O3. The second-order valence-corrected chi connectivity index (χ2v) is 4.12. The molecule has 2 aliphatic heterocycles. The molecule has 0 radical (unpaired) electrons. The van der Waals surface area contributed by atoms with Gasteiger partial charge in [0.15, 0.2) is 0 Å². The van der Waals surface area contributed by atoms with Crippen molar-refractivity contribution in [3.05, 3.63) is 24.0 Å². The first-order valence-corrected chi connectivity index (χ1v) is 6.13.